The van der Waals surface area contributed by atoms with Gasteiger partial charge in [-0.15, -0.1) is 10.2 Å². The van der Waals surface area contributed by atoms with Crippen molar-refractivity contribution in [1.82, 2.24) is 24.9 Å². The topological polar surface area (TPSA) is 84.2 Å². The molecular formula is C29H26N6OS. The summed E-state index contributed by atoms with van der Waals surface area (Å²) in [5.74, 6) is 0.541. The lowest BCUT2D eigenvalue weighted by molar-refractivity contribution is 0.0955. The molecule has 5 aromatic rings. The van der Waals surface area contributed by atoms with Gasteiger partial charge >= 0.3 is 0 Å². The normalized spacial score (nSPS) is 13.2. The first-order chi connectivity index (χ1) is 18.1. The van der Waals surface area contributed by atoms with E-state index in [1.54, 1.807) is 17.4 Å². The maximum Gasteiger partial charge on any atom is 0.255 e. The second kappa shape index (κ2) is 9.99. The van der Waals surface area contributed by atoms with Crippen LogP contribution in [0.2, 0.25) is 0 Å². The van der Waals surface area contributed by atoms with Crippen molar-refractivity contribution in [1.29, 1.82) is 0 Å². The molecule has 184 valence electrons. The van der Waals surface area contributed by atoms with Crippen LogP contribution in [0.15, 0.2) is 84.6 Å². The third-order valence-corrected chi connectivity index (χ3v) is 7.32. The average Bonchev–Trinajstić information content (AvgIpc) is 3.53. The third-order valence-electron chi connectivity index (χ3n) is 6.39. The number of nitrogens with one attached hydrogen (secondary N) is 2. The van der Waals surface area contributed by atoms with Crippen LogP contribution in [0, 0.1) is 6.92 Å². The predicted molar refractivity (Wildman–Crippen MR) is 149 cm³/mol. The fourth-order valence-electron chi connectivity index (χ4n) is 4.47. The van der Waals surface area contributed by atoms with E-state index in [1.165, 1.54) is 11.1 Å². The number of hydrogen-bond acceptors (Lipinski definition) is 6. The number of allylic oxidation sites excluding steroid dienone is 3. The second-order valence-corrected chi connectivity index (χ2v) is 10.1. The van der Waals surface area contributed by atoms with Crippen LogP contribution in [-0.2, 0) is 0 Å². The van der Waals surface area contributed by atoms with Crippen LogP contribution in [-0.4, -0.2) is 32.0 Å². The van der Waals surface area contributed by atoms with E-state index in [0.717, 1.165) is 45.9 Å². The highest BCUT2D eigenvalue weighted by Crippen LogP contribution is 2.30. The number of thiazole rings is 1. The first-order valence-corrected chi connectivity index (χ1v) is 13.2. The Labute approximate surface area is 218 Å². The lowest BCUT2D eigenvalue weighted by Gasteiger charge is -2.09. The van der Waals surface area contributed by atoms with E-state index in [0.29, 0.717) is 23.6 Å². The van der Waals surface area contributed by atoms with Crippen LogP contribution in [0.4, 0.5) is 10.8 Å². The van der Waals surface area contributed by atoms with Crippen molar-refractivity contribution in [2.45, 2.75) is 26.2 Å². The summed E-state index contributed by atoms with van der Waals surface area (Å²) in [5.41, 5.74) is 6.39. The summed E-state index contributed by atoms with van der Waals surface area (Å²) in [6.07, 6.45) is 11.4. The molecule has 0 aliphatic heterocycles. The van der Waals surface area contributed by atoms with E-state index in [-0.39, 0.29) is 5.91 Å². The van der Waals surface area contributed by atoms with Crippen LogP contribution < -0.4 is 10.6 Å². The quantitative estimate of drug-likeness (QED) is 0.265. The highest BCUT2D eigenvalue weighted by Gasteiger charge is 2.16. The number of aryl methyl sites for hydroxylation is 1. The van der Waals surface area contributed by atoms with Crippen molar-refractivity contribution in [3.05, 3.63) is 95.7 Å². The summed E-state index contributed by atoms with van der Waals surface area (Å²) >= 11 is 1.63. The molecule has 37 heavy (non-hydrogen) atoms. The van der Waals surface area contributed by atoms with Gasteiger partial charge < -0.3 is 10.6 Å². The van der Waals surface area contributed by atoms with E-state index in [1.807, 2.05) is 47.0 Å². The molecular weight excluding hydrogens is 480 g/mol. The lowest BCUT2D eigenvalue weighted by Crippen LogP contribution is -2.25. The SMILES string of the molecule is Cc1ccc2nc(Nc3ccc(-c4nnc5c(C(=O)NCCC6=CCCC=C6)cccn45)cc3)sc2c1. The molecule has 0 atom stereocenters. The number of hydrogen-bond donors (Lipinski definition) is 2. The first-order valence-electron chi connectivity index (χ1n) is 12.4. The third kappa shape index (κ3) is 4.88. The van der Waals surface area contributed by atoms with Gasteiger partial charge in [-0.3, -0.25) is 9.20 Å². The summed E-state index contributed by atoms with van der Waals surface area (Å²) in [6.45, 7) is 2.67. The van der Waals surface area contributed by atoms with E-state index < -0.39 is 0 Å². The number of rotatable bonds is 7. The zero-order chi connectivity index (χ0) is 25.2. The standard InChI is InChI=1S/C29H26N6OS/c1-19-9-14-24-25(18-19)37-29(32-24)31-22-12-10-21(11-13-22)26-33-34-27-23(8-5-17-35(26)27)28(36)30-16-15-20-6-3-2-4-7-20/h3,5-14,17-18H,2,4,15-16H2,1H3,(H,30,36)(H,31,32). The van der Waals surface area contributed by atoms with Crippen molar-refractivity contribution in [3.63, 3.8) is 0 Å². The second-order valence-electron chi connectivity index (χ2n) is 9.10. The monoisotopic (exact) mass is 506 g/mol. The summed E-state index contributed by atoms with van der Waals surface area (Å²) in [7, 11) is 0. The number of fused-ring (bicyclic) bond motifs is 2. The molecule has 0 saturated heterocycles. The molecule has 0 bridgehead atoms. The molecule has 2 N–H and O–H groups in total. The zero-order valence-corrected chi connectivity index (χ0v) is 21.3. The molecule has 1 aliphatic rings. The van der Waals surface area contributed by atoms with Gasteiger partial charge in [-0.2, -0.15) is 0 Å². The van der Waals surface area contributed by atoms with E-state index in [2.05, 4.69) is 63.1 Å². The van der Waals surface area contributed by atoms with Gasteiger partial charge in [0.2, 0.25) is 0 Å². The van der Waals surface area contributed by atoms with Crippen LogP contribution in [0.25, 0.3) is 27.3 Å². The molecule has 3 aromatic heterocycles. The summed E-state index contributed by atoms with van der Waals surface area (Å²) < 4.78 is 3.02. The Morgan fingerprint density at radius 2 is 1.97 bits per heavy atom. The minimum absolute atomic E-state index is 0.143. The fourth-order valence-corrected chi connectivity index (χ4v) is 5.45. The van der Waals surface area contributed by atoms with Gasteiger partial charge in [0, 0.05) is 24.0 Å². The van der Waals surface area contributed by atoms with Crippen LogP contribution in [0.3, 0.4) is 0 Å². The average molecular weight is 507 g/mol. The van der Waals surface area contributed by atoms with Crippen LogP contribution in [0.5, 0.6) is 0 Å². The smallest absolute Gasteiger partial charge is 0.255 e. The van der Waals surface area contributed by atoms with Crippen molar-refractivity contribution >= 4 is 43.9 Å². The Hall–Kier alpha value is -4.30. The largest absolute Gasteiger partial charge is 0.352 e. The van der Waals surface area contributed by atoms with Gasteiger partial charge in [-0.25, -0.2) is 4.98 Å². The number of carbonyl (C=O) groups excluding carboxylic acids is 1. The number of nitrogens with zero attached hydrogens (tertiary/aromatic N) is 4. The summed E-state index contributed by atoms with van der Waals surface area (Å²) in [4.78, 5) is 17.6. The van der Waals surface area contributed by atoms with E-state index in [4.69, 9.17) is 0 Å². The van der Waals surface area contributed by atoms with Crippen molar-refractivity contribution < 1.29 is 4.79 Å². The number of amides is 1. The van der Waals surface area contributed by atoms with Gasteiger partial charge in [0.05, 0.1) is 15.8 Å². The van der Waals surface area contributed by atoms with Crippen molar-refractivity contribution in [2.75, 3.05) is 11.9 Å². The molecule has 0 unspecified atom stereocenters. The molecule has 1 amide bonds. The summed E-state index contributed by atoms with van der Waals surface area (Å²) in [6, 6.07) is 17.9. The predicted octanol–water partition coefficient (Wildman–Crippen LogP) is 6.45. The van der Waals surface area contributed by atoms with Gasteiger partial charge in [-0.05, 0) is 80.3 Å². The number of benzene rings is 2. The molecule has 3 heterocycles. The minimum Gasteiger partial charge on any atom is -0.352 e. The summed E-state index contributed by atoms with van der Waals surface area (Å²) in [5, 5.41) is 16.0. The van der Waals surface area contributed by atoms with Gasteiger partial charge in [0.1, 0.15) is 0 Å². The van der Waals surface area contributed by atoms with Crippen LogP contribution in [0.1, 0.15) is 35.2 Å². The molecule has 0 radical (unpaired) electrons. The molecule has 0 saturated carbocycles. The molecule has 0 spiro atoms. The zero-order valence-electron chi connectivity index (χ0n) is 20.4. The highest BCUT2D eigenvalue weighted by molar-refractivity contribution is 7.22. The molecule has 7 nitrogen and oxygen atoms in total. The fraction of sp³-hybridized carbons (Fsp3) is 0.172. The molecule has 6 rings (SSSR count). The molecule has 1 aliphatic carbocycles. The molecule has 8 heteroatoms. The van der Waals surface area contributed by atoms with Crippen LogP contribution >= 0.6 is 11.3 Å². The van der Waals surface area contributed by atoms with E-state index >= 15 is 0 Å². The Kier molecular flexibility index (Phi) is 6.24. The Morgan fingerprint density at radius 1 is 1.08 bits per heavy atom. The maximum atomic E-state index is 12.9. The minimum atomic E-state index is -0.143. The van der Waals surface area contributed by atoms with Crippen molar-refractivity contribution in [2.24, 2.45) is 0 Å². The van der Waals surface area contributed by atoms with Gasteiger partial charge in [-0.1, -0.05) is 41.2 Å². The van der Waals surface area contributed by atoms with Gasteiger partial charge in [0.25, 0.3) is 5.91 Å². The molecule has 0 fully saturated rings. The van der Waals surface area contributed by atoms with E-state index in [9.17, 15) is 4.79 Å². The maximum absolute atomic E-state index is 12.9. The number of aromatic nitrogens is 4. The van der Waals surface area contributed by atoms with Gasteiger partial charge in [0.15, 0.2) is 16.6 Å². The highest BCUT2D eigenvalue weighted by atomic mass is 32.1. The Morgan fingerprint density at radius 3 is 2.81 bits per heavy atom. The first kappa shape index (κ1) is 23.1. The number of carbonyl (C=O) groups is 1. The number of anilines is 2. The Bertz CT molecular complexity index is 1660. The number of pyridine rings is 1. The lowest BCUT2D eigenvalue weighted by atomic mass is 10.0. The molecule has 2 aromatic carbocycles. The van der Waals surface area contributed by atoms with Crippen molar-refractivity contribution in [3.8, 4) is 11.4 Å². The Balaban J connectivity index is 1.17.